The van der Waals surface area contributed by atoms with Crippen molar-refractivity contribution in [3.8, 4) is 0 Å². The lowest BCUT2D eigenvalue weighted by molar-refractivity contribution is -0.263. The van der Waals surface area contributed by atoms with Gasteiger partial charge in [-0.3, -0.25) is 9.69 Å². The van der Waals surface area contributed by atoms with Crippen LogP contribution >= 0.6 is 0 Å². The molecule has 0 saturated carbocycles. The van der Waals surface area contributed by atoms with Gasteiger partial charge in [-0.1, -0.05) is 151 Å². The molecule has 306 valence electrons. The molecule has 4 atom stereocenters. The number of amides is 1. The molecule has 9 nitrogen and oxygen atoms in total. The van der Waals surface area contributed by atoms with Gasteiger partial charge in [0.25, 0.3) is 0 Å². The van der Waals surface area contributed by atoms with Crippen LogP contribution < -0.4 is 10.2 Å². The first-order valence-corrected chi connectivity index (χ1v) is 21.8. The molecule has 2 N–H and O–H groups in total. The highest BCUT2D eigenvalue weighted by Crippen LogP contribution is 2.47. The van der Waals surface area contributed by atoms with Gasteiger partial charge in [0.1, 0.15) is 0 Å². The van der Waals surface area contributed by atoms with Gasteiger partial charge in [0.15, 0.2) is 6.29 Å². The third-order valence-corrected chi connectivity index (χ3v) is 11.6. The van der Waals surface area contributed by atoms with Crippen molar-refractivity contribution in [2.75, 3.05) is 42.9 Å². The van der Waals surface area contributed by atoms with Gasteiger partial charge in [0.05, 0.1) is 18.8 Å². The molecule has 2 aliphatic heterocycles. The van der Waals surface area contributed by atoms with E-state index in [-0.39, 0.29) is 30.6 Å². The third kappa shape index (κ3) is 13.2. The number of hydrogen-bond acceptors (Lipinski definition) is 8. The average Bonchev–Trinajstić information content (AvgIpc) is 3.26. The molecule has 0 aliphatic carbocycles. The minimum Gasteiger partial charge on any atom is -0.392 e. The second-order valence-corrected chi connectivity index (χ2v) is 15.9. The molecule has 1 amide bonds. The molecule has 2 saturated heterocycles. The summed E-state index contributed by atoms with van der Waals surface area (Å²) < 4.78 is 14.0. The van der Waals surface area contributed by atoms with Crippen molar-refractivity contribution >= 4 is 17.5 Å². The van der Waals surface area contributed by atoms with Crippen molar-refractivity contribution in [3.63, 3.8) is 0 Å². The number of piperazine rings is 1. The first-order chi connectivity index (χ1) is 28.1. The molecule has 2 fully saturated rings. The first kappa shape index (κ1) is 42.5. The largest absolute Gasteiger partial charge is 0.392 e. The van der Waals surface area contributed by atoms with E-state index in [9.17, 15) is 9.90 Å². The summed E-state index contributed by atoms with van der Waals surface area (Å²) in [5.74, 6) is 0.732. The fourth-order valence-electron chi connectivity index (χ4n) is 8.29. The predicted octanol–water partition coefficient (Wildman–Crippen LogP) is 10.1. The molecule has 0 bridgehead atoms. The van der Waals surface area contributed by atoms with E-state index < -0.39 is 6.29 Å². The summed E-state index contributed by atoms with van der Waals surface area (Å²) in [7, 11) is 0. The van der Waals surface area contributed by atoms with Crippen LogP contribution in [0.1, 0.15) is 137 Å². The molecular weight excluding hydrogens is 711 g/mol. The van der Waals surface area contributed by atoms with Gasteiger partial charge in [-0.15, -0.1) is 0 Å². The second kappa shape index (κ2) is 23.3. The fraction of sp³-hybridized carbons (Fsp3) is 0.521. The van der Waals surface area contributed by atoms with Crippen LogP contribution in [0.15, 0.2) is 97.3 Å². The zero-order valence-corrected chi connectivity index (χ0v) is 34.1. The van der Waals surface area contributed by atoms with Crippen LogP contribution in [0.3, 0.4) is 0 Å². The Morgan fingerprint density at radius 2 is 1.33 bits per heavy atom. The highest BCUT2D eigenvalue weighted by Gasteiger charge is 2.43. The van der Waals surface area contributed by atoms with E-state index in [2.05, 4.69) is 68.4 Å². The summed E-state index contributed by atoms with van der Waals surface area (Å²) in [5.41, 5.74) is 4.67. The number of hydrogen-bond donors (Lipinski definition) is 2. The van der Waals surface area contributed by atoms with Crippen LogP contribution in [0.4, 0.5) is 11.6 Å². The SMILES string of the molecule is CCCCCCCCCCCCCCCC(=O)Nc1cccc(C2O[C@H](CN3CCN(c4ncccn4)CC3)[C@@H](c3ccccc3)[C@H](c3ccc(CO)cc3)O2)c1. The van der Waals surface area contributed by atoms with E-state index in [1.54, 1.807) is 12.4 Å². The molecule has 0 radical (unpaired) electrons. The average molecular weight is 776 g/mol. The fourth-order valence-corrected chi connectivity index (χ4v) is 8.29. The third-order valence-electron chi connectivity index (χ3n) is 11.6. The Bertz CT molecular complexity index is 1720. The lowest BCUT2D eigenvalue weighted by Gasteiger charge is -2.45. The van der Waals surface area contributed by atoms with E-state index in [0.717, 1.165) is 79.5 Å². The zero-order chi connectivity index (χ0) is 39.5. The molecule has 1 aromatic heterocycles. The standard InChI is InChI=1S/C48H65N5O4/c1-2-3-4-5-6-7-8-9-10-11-12-13-17-24-44(55)51-42-23-18-22-41(35-42)47-56-43(36-52-31-33-53(34-32-52)48-49-29-19-30-50-48)45(39-20-15-14-16-21-39)46(57-47)40-27-25-38(37-54)26-28-40/h14-16,18-23,25-30,35,43,45-47,54H,2-13,17,24,31-34,36-37H2,1H3,(H,51,55)/t43-,45-,46+,47?/m1/s1. The number of benzene rings is 3. The number of aromatic nitrogens is 2. The van der Waals surface area contributed by atoms with Gasteiger partial charge >= 0.3 is 0 Å². The van der Waals surface area contributed by atoms with Crippen molar-refractivity contribution < 1.29 is 19.4 Å². The Labute approximate surface area is 341 Å². The maximum Gasteiger partial charge on any atom is 0.225 e. The normalized spacial score (nSPS) is 20.1. The van der Waals surface area contributed by atoms with Crippen LogP contribution in [-0.2, 0) is 20.9 Å². The van der Waals surface area contributed by atoms with Crippen molar-refractivity contribution in [1.82, 2.24) is 14.9 Å². The number of aliphatic hydroxyl groups is 1. The van der Waals surface area contributed by atoms with E-state index in [0.29, 0.717) is 6.42 Å². The Hall–Kier alpha value is -4.15. The van der Waals surface area contributed by atoms with Crippen molar-refractivity contribution in [3.05, 3.63) is 120 Å². The van der Waals surface area contributed by atoms with E-state index in [1.807, 2.05) is 48.5 Å². The van der Waals surface area contributed by atoms with Crippen LogP contribution in [0.25, 0.3) is 0 Å². The summed E-state index contributed by atoms with van der Waals surface area (Å²) in [6.07, 6.45) is 19.7. The van der Waals surface area contributed by atoms with Crippen LogP contribution in [0.2, 0.25) is 0 Å². The summed E-state index contributed by atoms with van der Waals surface area (Å²) in [5, 5.41) is 13.0. The highest BCUT2D eigenvalue weighted by molar-refractivity contribution is 5.90. The monoisotopic (exact) mass is 776 g/mol. The molecule has 6 rings (SSSR count). The van der Waals surface area contributed by atoms with E-state index >= 15 is 0 Å². The number of anilines is 2. The van der Waals surface area contributed by atoms with Gasteiger partial charge in [-0.2, -0.15) is 0 Å². The predicted molar refractivity (Wildman–Crippen MR) is 229 cm³/mol. The van der Waals surface area contributed by atoms with Crippen LogP contribution in [0, 0.1) is 0 Å². The Morgan fingerprint density at radius 1 is 0.702 bits per heavy atom. The molecule has 1 unspecified atom stereocenters. The van der Waals surface area contributed by atoms with Crippen LogP contribution in [-0.4, -0.2) is 64.7 Å². The molecule has 0 spiro atoms. The number of rotatable bonds is 22. The van der Waals surface area contributed by atoms with Gasteiger partial charge in [-0.25, -0.2) is 9.97 Å². The molecule has 3 heterocycles. The molecule has 2 aliphatic rings. The zero-order valence-electron chi connectivity index (χ0n) is 34.1. The number of unbranched alkanes of at least 4 members (excludes halogenated alkanes) is 12. The summed E-state index contributed by atoms with van der Waals surface area (Å²) in [6.45, 7) is 6.38. The Balaban J connectivity index is 1.08. The lowest BCUT2D eigenvalue weighted by Crippen LogP contribution is -2.51. The number of carbonyl (C=O) groups is 1. The number of nitrogens with zero attached hydrogens (tertiary/aromatic N) is 4. The second-order valence-electron chi connectivity index (χ2n) is 15.9. The maximum atomic E-state index is 13.1. The smallest absolute Gasteiger partial charge is 0.225 e. The Kier molecular flexibility index (Phi) is 17.4. The van der Waals surface area contributed by atoms with Gasteiger partial charge < -0.3 is 24.8 Å². The summed E-state index contributed by atoms with van der Waals surface area (Å²) in [6, 6.07) is 28.4. The number of nitrogens with one attached hydrogen (secondary N) is 1. The van der Waals surface area contributed by atoms with Crippen molar-refractivity contribution in [1.29, 1.82) is 0 Å². The number of aliphatic hydroxyl groups excluding tert-OH is 1. The topological polar surface area (TPSA) is 100 Å². The lowest BCUT2D eigenvalue weighted by atomic mass is 9.83. The van der Waals surface area contributed by atoms with Gasteiger partial charge in [0, 0.05) is 68.7 Å². The van der Waals surface area contributed by atoms with Gasteiger partial charge in [-0.05, 0) is 41.3 Å². The number of ether oxygens (including phenoxy) is 2. The van der Waals surface area contributed by atoms with Gasteiger partial charge in [0.2, 0.25) is 11.9 Å². The van der Waals surface area contributed by atoms with E-state index in [1.165, 1.54) is 70.6 Å². The summed E-state index contributed by atoms with van der Waals surface area (Å²) in [4.78, 5) is 26.7. The van der Waals surface area contributed by atoms with Crippen molar-refractivity contribution in [2.45, 2.75) is 128 Å². The quantitative estimate of drug-likeness (QED) is 0.0762. The maximum absolute atomic E-state index is 13.1. The van der Waals surface area contributed by atoms with E-state index in [4.69, 9.17) is 9.47 Å². The first-order valence-electron chi connectivity index (χ1n) is 21.8. The molecule has 9 heteroatoms. The van der Waals surface area contributed by atoms with Crippen LogP contribution in [0.5, 0.6) is 0 Å². The number of carbonyl (C=O) groups excluding carboxylic acids is 1. The molecule has 3 aromatic carbocycles. The molecule has 57 heavy (non-hydrogen) atoms. The molecular formula is C48H65N5O4. The summed E-state index contributed by atoms with van der Waals surface area (Å²) >= 11 is 0. The van der Waals surface area contributed by atoms with Crippen molar-refractivity contribution in [2.24, 2.45) is 0 Å². The highest BCUT2D eigenvalue weighted by atomic mass is 16.7. The minimum absolute atomic E-state index is 0.0137. The minimum atomic E-state index is -0.644. The molecule has 4 aromatic rings. The Morgan fingerprint density at radius 3 is 1.98 bits per heavy atom.